The van der Waals surface area contributed by atoms with Gasteiger partial charge in [0.1, 0.15) is 0 Å². The lowest BCUT2D eigenvalue weighted by Crippen LogP contribution is -2.46. The summed E-state index contributed by atoms with van der Waals surface area (Å²) in [5, 5.41) is 4.18. The van der Waals surface area contributed by atoms with E-state index in [1.807, 2.05) is 0 Å². The second-order valence-electron chi connectivity index (χ2n) is 7.54. The van der Waals surface area contributed by atoms with E-state index >= 15 is 0 Å². The van der Waals surface area contributed by atoms with E-state index < -0.39 is 0 Å². The van der Waals surface area contributed by atoms with Crippen LogP contribution < -0.4 is 10.2 Å². The molecule has 0 aromatic heterocycles. The first-order chi connectivity index (χ1) is 13.3. The summed E-state index contributed by atoms with van der Waals surface area (Å²) in [4.78, 5) is 27.4. The number of likely N-dealkylation sites (N-methyl/N-ethyl adjacent to an activating group) is 1. The second-order valence-corrected chi connectivity index (χ2v) is 8.39. The highest BCUT2D eigenvalue weighted by Gasteiger charge is 2.29. The molecule has 4 nitrogen and oxygen atoms in total. The number of carbonyl (C=O) groups is 2. The van der Waals surface area contributed by atoms with Crippen LogP contribution in [0.2, 0.25) is 10.0 Å². The van der Waals surface area contributed by atoms with E-state index in [4.69, 9.17) is 23.2 Å². The maximum absolute atomic E-state index is 13.1. The monoisotopic (exact) mass is 454 g/mol. The minimum atomic E-state index is -0.265. The smallest absolute Gasteiger partial charge is 0.240 e. The number of hydrogen-bond donors (Lipinski definition) is 1. The first-order valence-electron chi connectivity index (χ1n) is 9.41. The van der Waals surface area contributed by atoms with Crippen molar-refractivity contribution in [3.8, 4) is 0 Å². The Morgan fingerprint density at radius 3 is 2.38 bits per heavy atom. The van der Waals surface area contributed by atoms with E-state index in [9.17, 15) is 9.59 Å². The Kier molecular flexibility index (Phi) is 8.12. The number of amides is 1. The predicted molar refractivity (Wildman–Crippen MR) is 122 cm³/mol. The Morgan fingerprint density at radius 2 is 1.72 bits per heavy atom. The molecule has 0 atom stereocenters. The minimum Gasteiger partial charge on any atom is -0.314 e. The van der Waals surface area contributed by atoms with Gasteiger partial charge in [0.2, 0.25) is 5.91 Å². The third-order valence-electron chi connectivity index (χ3n) is 5.43. The highest BCUT2D eigenvalue weighted by molar-refractivity contribution is 6.36. The van der Waals surface area contributed by atoms with Crippen molar-refractivity contribution in [2.45, 2.75) is 38.1 Å². The number of rotatable bonds is 6. The van der Waals surface area contributed by atoms with Gasteiger partial charge in [-0.1, -0.05) is 48.2 Å². The van der Waals surface area contributed by atoms with Gasteiger partial charge in [-0.3, -0.25) is 9.59 Å². The van der Waals surface area contributed by atoms with Gasteiger partial charge in [-0.05, 0) is 50.1 Å². The molecule has 2 aromatic rings. The van der Waals surface area contributed by atoms with Gasteiger partial charge in [-0.2, -0.15) is 0 Å². The van der Waals surface area contributed by atoms with E-state index in [1.54, 1.807) is 49.5 Å². The molecule has 2 aromatic carbocycles. The van der Waals surface area contributed by atoms with Crippen molar-refractivity contribution in [2.75, 3.05) is 18.5 Å². The van der Waals surface area contributed by atoms with Crippen molar-refractivity contribution in [2.24, 2.45) is 0 Å². The third-order valence-corrected chi connectivity index (χ3v) is 6.00. The topological polar surface area (TPSA) is 49.4 Å². The van der Waals surface area contributed by atoms with Crippen LogP contribution in [0.1, 0.15) is 48.5 Å². The van der Waals surface area contributed by atoms with Crippen LogP contribution in [-0.2, 0) is 4.79 Å². The van der Waals surface area contributed by atoms with Crippen molar-refractivity contribution in [1.82, 2.24) is 5.32 Å². The van der Waals surface area contributed by atoms with Crippen LogP contribution in [-0.4, -0.2) is 30.8 Å². The second kappa shape index (κ2) is 9.94. The SMILES string of the molecule is CN(C(=O)CNC1(C)CCCC1)c1ccc(Cl)cc1C(=O)c1ccccc1Cl.Cl. The summed E-state index contributed by atoms with van der Waals surface area (Å²) in [5.41, 5.74) is 1.25. The van der Waals surface area contributed by atoms with Gasteiger partial charge in [0.25, 0.3) is 0 Å². The normalized spacial score (nSPS) is 14.9. The van der Waals surface area contributed by atoms with Crippen LogP contribution in [0.4, 0.5) is 5.69 Å². The Morgan fingerprint density at radius 1 is 1.07 bits per heavy atom. The van der Waals surface area contributed by atoms with Crippen molar-refractivity contribution >= 4 is 53.0 Å². The van der Waals surface area contributed by atoms with Crippen molar-refractivity contribution in [3.63, 3.8) is 0 Å². The lowest BCUT2D eigenvalue weighted by atomic mass is 10.00. The fourth-order valence-corrected chi connectivity index (χ4v) is 4.04. The fourth-order valence-electron chi connectivity index (χ4n) is 3.65. The zero-order valence-corrected chi connectivity index (χ0v) is 18.8. The van der Waals surface area contributed by atoms with Gasteiger partial charge in [-0.25, -0.2) is 0 Å². The summed E-state index contributed by atoms with van der Waals surface area (Å²) in [6.45, 7) is 2.37. The summed E-state index contributed by atoms with van der Waals surface area (Å²) in [7, 11) is 1.67. The van der Waals surface area contributed by atoms with Crippen LogP contribution in [0, 0.1) is 0 Å². The molecule has 29 heavy (non-hydrogen) atoms. The van der Waals surface area contributed by atoms with E-state index in [2.05, 4.69) is 12.2 Å². The van der Waals surface area contributed by atoms with Gasteiger partial charge in [0.15, 0.2) is 5.78 Å². The van der Waals surface area contributed by atoms with Crippen molar-refractivity contribution in [3.05, 3.63) is 63.6 Å². The highest BCUT2D eigenvalue weighted by atomic mass is 35.5. The van der Waals surface area contributed by atoms with E-state index in [1.165, 1.54) is 17.7 Å². The maximum Gasteiger partial charge on any atom is 0.240 e. The highest BCUT2D eigenvalue weighted by Crippen LogP contribution is 2.30. The van der Waals surface area contributed by atoms with Gasteiger partial charge in [0, 0.05) is 28.7 Å². The summed E-state index contributed by atoms with van der Waals surface area (Å²) in [6.07, 6.45) is 4.50. The fraction of sp³-hybridized carbons (Fsp3) is 0.364. The van der Waals surface area contributed by atoms with Crippen LogP contribution in [0.15, 0.2) is 42.5 Å². The van der Waals surface area contributed by atoms with E-state index in [0.717, 1.165) is 12.8 Å². The molecule has 3 rings (SSSR count). The van der Waals surface area contributed by atoms with Gasteiger partial charge in [-0.15, -0.1) is 12.4 Å². The maximum atomic E-state index is 13.1. The molecule has 0 aliphatic heterocycles. The van der Waals surface area contributed by atoms with Gasteiger partial charge >= 0.3 is 0 Å². The van der Waals surface area contributed by atoms with Gasteiger partial charge in [0.05, 0.1) is 17.3 Å². The Hall–Kier alpha value is -1.59. The van der Waals surface area contributed by atoms with E-state index in [-0.39, 0.29) is 36.2 Å². The lowest BCUT2D eigenvalue weighted by Gasteiger charge is -2.27. The number of benzene rings is 2. The molecule has 1 aliphatic carbocycles. The minimum absolute atomic E-state index is 0. The molecule has 0 bridgehead atoms. The number of anilines is 1. The molecule has 1 amide bonds. The molecule has 1 fully saturated rings. The number of carbonyl (C=O) groups excluding carboxylic acids is 2. The third kappa shape index (κ3) is 5.52. The average molecular weight is 456 g/mol. The van der Waals surface area contributed by atoms with Crippen LogP contribution >= 0.6 is 35.6 Å². The van der Waals surface area contributed by atoms with Crippen LogP contribution in [0.25, 0.3) is 0 Å². The zero-order valence-electron chi connectivity index (χ0n) is 16.5. The molecule has 1 N–H and O–H groups in total. The molecular weight excluding hydrogens is 431 g/mol. The molecule has 0 unspecified atom stereocenters. The largest absolute Gasteiger partial charge is 0.314 e. The summed E-state index contributed by atoms with van der Waals surface area (Å²) >= 11 is 12.3. The Labute approximate surface area is 188 Å². The molecule has 1 aliphatic rings. The first kappa shape index (κ1) is 23.7. The Bertz CT molecular complexity index is 895. The molecular formula is C22H25Cl3N2O2. The van der Waals surface area contributed by atoms with Crippen molar-refractivity contribution < 1.29 is 9.59 Å². The van der Waals surface area contributed by atoms with Crippen LogP contribution in [0.5, 0.6) is 0 Å². The van der Waals surface area contributed by atoms with Crippen LogP contribution in [0.3, 0.4) is 0 Å². The molecule has 156 valence electrons. The standard InChI is InChI=1S/C22H24Cl2N2O2.ClH/c1-22(11-5-6-12-22)25-14-20(27)26(2)19-10-9-15(23)13-17(19)21(28)16-7-3-4-8-18(16)24;/h3-4,7-10,13,25H,5-6,11-12,14H2,1-2H3;1H. The number of ketones is 1. The quantitative estimate of drug-likeness (QED) is 0.583. The summed E-state index contributed by atoms with van der Waals surface area (Å²) < 4.78 is 0. The lowest BCUT2D eigenvalue weighted by molar-refractivity contribution is -0.117. The Balaban J connectivity index is 0.00000300. The number of nitrogens with one attached hydrogen (secondary N) is 1. The predicted octanol–water partition coefficient (Wildman–Crippen LogP) is 5.53. The first-order valence-corrected chi connectivity index (χ1v) is 10.2. The molecule has 0 saturated heterocycles. The van der Waals surface area contributed by atoms with Crippen molar-refractivity contribution in [1.29, 1.82) is 0 Å². The number of halogens is 3. The molecule has 7 heteroatoms. The molecule has 0 radical (unpaired) electrons. The van der Waals surface area contributed by atoms with E-state index in [0.29, 0.717) is 26.9 Å². The summed E-state index contributed by atoms with van der Waals surface area (Å²) in [6, 6.07) is 11.8. The molecule has 0 heterocycles. The summed E-state index contributed by atoms with van der Waals surface area (Å²) in [5.74, 6) is -0.373. The number of hydrogen-bond acceptors (Lipinski definition) is 3. The molecule has 0 spiro atoms. The van der Waals surface area contributed by atoms with Gasteiger partial charge < -0.3 is 10.2 Å². The number of nitrogens with zero attached hydrogens (tertiary/aromatic N) is 1. The average Bonchev–Trinajstić information content (AvgIpc) is 3.12. The molecule has 1 saturated carbocycles. The zero-order chi connectivity index (χ0) is 20.3.